The minimum atomic E-state index is 0. The Balaban J connectivity index is 0.00000242. The molecule has 0 atom stereocenters. The summed E-state index contributed by atoms with van der Waals surface area (Å²) in [7, 11) is 0. The largest absolute Gasteiger partial charge is 0.370 e. The van der Waals surface area contributed by atoms with Crippen LogP contribution in [0.25, 0.3) is 0 Å². The van der Waals surface area contributed by atoms with Crippen LogP contribution in [-0.2, 0) is 19.3 Å². The normalized spacial score (nSPS) is 14.3. The van der Waals surface area contributed by atoms with Crippen LogP contribution >= 0.6 is 35.3 Å². The number of aliphatic imine (C=N–C) groups is 1. The lowest BCUT2D eigenvalue weighted by Gasteiger charge is -2.06. The van der Waals surface area contributed by atoms with Gasteiger partial charge in [0, 0.05) is 24.4 Å². The first-order chi connectivity index (χ1) is 10.3. The topological polar surface area (TPSA) is 63.3 Å². The molecule has 4 nitrogen and oxygen atoms in total. The van der Waals surface area contributed by atoms with Crippen molar-refractivity contribution >= 4 is 41.3 Å². The molecule has 3 N–H and O–H groups in total. The van der Waals surface area contributed by atoms with Crippen molar-refractivity contribution < 1.29 is 0 Å². The molecule has 0 unspecified atom stereocenters. The first-order valence-electron chi connectivity index (χ1n) is 8.31. The minimum absolute atomic E-state index is 0. The molecular weight excluding hydrogens is 407 g/mol. The Kier molecular flexibility index (Phi) is 10.0. The molecule has 2 rings (SSSR count). The van der Waals surface area contributed by atoms with Gasteiger partial charge in [-0.2, -0.15) is 0 Å². The Labute approximate surface area is 155 Å². The summed E-state index contributed by atoms with van der Waals surface area (Å²) in [5.41, 5.74) is 7.22. The Bertz CT molecular complexity index is 435. The van der Waals surface area contributed by atoms with E-state index in [1.807, 2.05) is 11.3 Å². The third-order valence-corrected chi connectivity index (χ3v) is 5.05. The van der Waals surface area contributed by atoms with Crippen molar-refractivity contribution in [3.8, 4) is 0 Å². The zero-order valence-corrected chi connectivity index (χ0v) is 16.7. The van der Waals surface area contributed by atoms with E-state index in [1.165, 1.54) is 60.5 Å². The highest BCUT2D eigenvalue weighted by atomic mass is 127. The second-order valence-electron chi connectivity index (χ2n) is 5.69. The molecule has 0 saturated carbocycles. The second-order valence-corrected chi connectivity index (χ2v) is 6.86. The molecule has 1 aliphatic rings. The Hall–Kier alpha value is -0.370. The molecule has 0 bridgehead atoms. The lowest BCUT2D eigenvalue weighted by Crippen LogP contribution is -2.33. The van der Waals surface area contributed by atoms with Crippen LogP contribution in [0.1, 0.15) is 61.0 Å². The van der Waals surface area contributed by atoms with Crippen LogP contribution in [0.4, 0.5) is 0 Å². The zero-order valence-electron chi connectivity index (χ0n) is 13.6. The van der Waals surface area contributed by atoms with Crippen LogP contribution in [0.3, 0.4) is 0 Å². The van der Waals surface area contributed by atoms with E-state index in [0.29, 0.717) is 5.96 Å². The molecule has 0 spiro atoms. The summed E-state index contributed by atoms with van der Waals surface area (Å²) in [6.07, 6.45) is 10.9. The molecule has 0 aliphatic heterocycles. The van der Waals surface area contributed by atoms with Crippen molar-refractivity contribution in [1.82, 2.24) is 10.3 Å². The smallest absolute Gasteiger partial charge is 0.188 e. The van der Waals surface area contributed by atoms with Gasteiger partial charge in [0.15, 0.2) is 5.96 Å². The monoisotopic (exact) mass is 436 g/mol. The predicted molar refractivity (Wildman–Crippen MR) is 107 cm³/mol. The molecular formula is C16H29IN4S. The number of nitrogens with zero attached hydrogens (tertiary/aromatic N) is 2. The van der Waals surface area contributed by atoms with Gasteiger partial charge in [0.2, 0.25) is 0 Å². The molecule has 22 heavy (non-hydrogen) atoms. The first-order valence-corrected chi connectivity index (χ1v) is 9.12. The standard InChI is InChI=1S/C16H28N4S.HI/c1-2-3-4-7-11-18-16(17)19-12-10-15-20-13-8-5-6-9-14(13)21-15;/h2-12H2,1H3,(H3,17,18,19);1H. The summed E-state index contributed by atoms with van der Waals surface area (Å²) in [4.78, 5) is 10.6. The lowest BCUT2D eigenvalue weighted by molar-refractivity contribution is 0.672. The average molecular weight is 436 g/mol. The zero-order chi connectivity index (χ0) is 14.9. The van der Waals surface area contributed by atoms with E-state index in [0.717, 1.165) is 25.9 Å². The number of thiazole rings is 1. The third kappa shape index (κ3) is 6.81. The second kappa shape index (κ2) is 11.2. The van der Waals surface area contributed by atoms with Crippen LogP contribution in [0.2, 0.25) is 0 Å². The maximum atomic E-state index is 5.87. The molecule has 0 amide bonds. The van der Waals surface area contributed by atoms with Crippen molar-refractivity contribution in [3.63, 3.8) is 0 Å². The molecule has 0 saturated heterocycles. The highest BCUT2D eigenvalue weighted by Crippen LogP contribution is 2.26. The summed E-state index contributed by atoms with van der Waals surface area (Å²) < 4.78 is 0. The van der Waals surface area contributed by atoms with Gasteiger partial charge in [0.05, 0.1) is 10.7 Å². The van der Waals surface area contributed by atoms with Crippen LogP contribution in [0, 0.1) is 0 Å². The third-order valence-electron chi connectivity index (χ3n) is 3.83. The van der Waals surface area contributed by atoms with E-state index >= 15 is 0 Å². The molecule has 0 radical (unpaired) electrons. The summed E-state index contributed by atoms with van der Waals surface area (Å²) in [6, 6.07) is 0. The fourth-order valence-corrected chi connectivity index (χ4v) is 3.76. The highest BCUT2D eigenvalue weighted by molar-refractivity contribution is 14.0. The molecule has 0 fully saturated rings. The van der Waals surface area contributed by atoms with Gasteiger partial charge in [0.1, 0.15) is 0 Å². The van der Waals surface area contributed by atoms with Crippen molar-refractivity contribution in [1.29, 1.82) is 0 Å². The minimum Gasteiger partial charge on any atom is -0.370 e. The summed E-state index contributed by atoms with van der Waals surface area (Å²) in [6.45, 7) is 3.89. The highest BCUT2D eigenvalue weighted by Gasteiger charge is 2.14. The molecule has 1 heterocycles. The van der Waals surface area contributed by atoms with Gasteiger partial charge in [-0.3, -0.25) is 4.99 Å². The van der Waals surface area contributed by atoms with E-state index in [1.54, 1.807) is 0 Å². The fourth-order valence-electron chi connectivity index (χ4n) is 2.60. The number of fused-ring (bicyclic) bond motifs is 1. The van der Waals surface area contributed by atoms with Crippen LogP contribution < -0.4 is 11.1 Å². The number of nitrogens with one attached hydrogen (secondary N) is 1. The van der Waals surface area contributed by atoms with Crippen LogP contribution in [0.15, 0.2) is 4.99 Å². The summed E-state index contributed by atoms with van der Waals surface area (Å²) >= 11 is 1.88. The molecule has 126 valence electrons. The molecule has 1 aromatic heterocycles. The fraction of sp³-hybridized carbons (Fsp3) is 0.750. The number of nitrogens with two attached hydrogens (primary N) is 1. The molecule has 1 aromatic rings. The molecule has 1 aliphatic carbocycles. The number of aromatic nitrogens is 1. The first kappa shape index (κ1) is 19.7. The van der Waals surface area contributed by atoms with Gasteiger partial charge in [-0.15, -0.1) is 35.3 Å². The van der Waals surface area contributed by atoms with Gasteiger partial charge in [-0.05, 0) is 32.1 Å². The number of guanidine groups is 1. The number of rotatable bonds is 8. The van der Waals surface area contributed by atoms with Crippen LogP contribution in [0.5, 0.6) is 0 Å². The van der Waals surface area contributed by atoms with Crippen LogP contribution in [-0.4, -0.2) is 24.0 Å². The maximum Gasteiger partial charge on any atom is 0.188 e. The predicted octanol–water partition coefficient (Wildman–Crippen LogP) is 3.67. The summed E-state index contributed by atoms with van der Waals surface area (Å²) in [5.74, 6) is 0.577. The Morgan fingerprint density at radius 2 is 2.09 bits per heavy atom. The Morgan fingerprint density at radius 3 is 2.86 bits per heavy atom. The van der Waals surface area contributed by atoms with E-state index in [-0.39, 0.29) is 24.0 Å². The number of unbranched alkanes of at least 4 members (excludes halogenated alkanes) is 3. The number of aryl methyl sites for hydroxylation is 2. The quantitative estimate of drug-likeness (QED) is 0.283. The summed E-state index contributed by atoms with van der Waals surface area (Å²) in [5, 5.41) is 4.44. The number of hydrogen-bond donors (Lipinski definition) is 2. The maximum absolute atomic E-state index is 5.87. The van der Waals surface area contributed by atoms with Gasteiger partial charge in [0.25, 0.3) is 0 Å². The Morgan fingerprint density at radius 1 is 1.27 bits per heavy atom. The van der Waals surface area contributed by atoms with Gasteiger partial charge in [-0.25, -0.2) is 4.98 Å². The van der Waals surface area contributed by atoms with E-state index in [4.69, 9.17) is 10.7 Å². The van der Waals surface area contributed by atoms with Crippen molar-refractivity contribution in [2.45, 2.75) is 64.7 Å². The number of halogens is 1. The van der Waals surface area contributed by atoms with Crippen molar-refractivity contribution in [3.05, 3.63) is 15.6 Å². The van der Waals surface area contributed by atoms with Crippen molar-refractivity contribution in [2.24, 2.45) is 10.7 Å². The van der Waals surface area contributed by atoms with E-state index in [2.05, 4.69) is 17.2 Å². The van der Waals surface area contributed by atoms with Gasteiger partial charge >= 0.3 is 0 Å². The molecule has 0 aromatic carbocycles. The number of hydrogen-bond acceptors (Lipinski definition) is 3. The SMILES string of the molecule is CCCCCCN=C(N)NCCc1nc2c(s1)CCCC2.I. The van der Waals surface area contributed by atoms with E-state index < -0.39 is 0 Å². The van der Waals surface area contributed by atoms with Gasteiger partial charge in [-0.1, -0.05) is 26.2 Å². The van der Waals surface area contributed by atoms with E-state index in [9.17, 15) is 0 Å². The molecule has 6 heteroatoms. The van der Waals surface area contributed by atoms with Crippen molar-refractivity contribution in [2.75, 3.05) is 13.1 Å². The lowest BCUT2D eigenvalue weighted by atomic mass is 10.0. The van der Waals surface area contributed by atoms with Gasteiger partial charge < -0.3 is 11.1 Å². The average Bonchev–Trinajstić information content (AvgIpc) is 2.89.